The molecule has 0 spiro atoms. The number of carbonyl (C=O) groups is 2. The van der Waals surface area contributed by atoms with Crippen molar-refractivity contribution in [1.82, 2.24) is 15.5 Å². The predicted octanol–water partition coefficient (Wildman–Crippen LogP) is -1.06. The van der Waals surface area contributed by atoms with E-state index in [1.54, 1.807) is 0 Å². The third kappa shape index (κ3) is 3.33. The molecule has 80 valence electrons. The molecule has 1 fully saturated rings. The number of carbonyl (C=O) groups excluding carboxylic acids is 2. The molecule has 0 radical (unpaired) electrons. The van der Waals surface area contributed by atoms with Gasteiger partial charge >= 0.3 is 0 Å². The summed E-state index contributed by atoms with van der Waals surface area (Å²) in [5.74, 6) is -0.101. The highest BCUT2D eigenvalue weighted by atomic mass is 16.2. The van der Waals surface area contributed by atoms with Crippen LogP contribution in [0.15, 0.2) is 0 Å². The molecule has 0 saturated carbocycles. The first-order valence-corrected chi connectivity index (χ1v) is 4.81. The van der Waals surface area contributed by atoms with Crippen molar-refractivity contribution in [3.63, 3.8) is 0 Å². The molecular weight excluding hydrogens is 182 g/mol. The van der Waals surface area contributed by atoms with Gasteiger partial charge in [0.25, 0.3) is 0 Å². The third-order valence-corrected chi connectivity index (χ3v) is 2.17. The zero-order valence-corrected chi connectivity index (χ0v) is 8.67. The molecule has 0 bridgehead atoms. The van der Waals surface area contributed by atoms with Gasteiger partial charge in [-0.15, -0.1) is 0 Å². The van der Waals surface area contributed by atoms with Crippen molar-refractivity contribution >= 4 is 11.8 Å². The fourth-order valence-corrected chi connectivity index (χ4v) is 1.34. The minimum Gasteiger partial charge on any atom is -0.353 e. The number of nitrogens with zero attached hydrogens (tertiary/aromatic N) is 1. The summed E-state index contributed by atoms with van der Waals surface area (Å²) in [4.78, 5) is 24.3. The van der Waals surface area contributed by atoms with Gasteiger partial charge in [-0.1, -0.05) is 0 Å². The van der Waals surface area contributed by atoms with Crippen molar-refractivity contribution in [2.75, 3.05) is 27.2 Å². The molecule has 14 heavy (non-hydrogen) atoms. The van der Waals surface area contributed by atoms with Crippen LogP contribution in [-0.4, -0.2) is 49.9 Å². The lowest BCUT2D eigenvalue weighted by atomic mass is 10.2. The summed E-state index contributed by atoms with van der Waals surface area (Å²) in [6.45, 7) is 1.44. The quantitative estimate of drug-likeness (QED) is 0.607. The van der Waals surface area contributed by atoms with Gasteiger partial charge in [0.2, 0.25) is 11.8 Å². The molecule has 0 aliphatic carbocycles. The molecule has 0 aromatic carbocycles. The number of hydrogen-bond acceptors (Lipinski definition) is 3. The average molecular weight is 199 g/mol. The molecule has 0 aromatic rings. The number of amides is 2. The topological polar surface area (TPSA) is 61.4 Å². The van der Waals surface area contributed by atoms with Crippen LogP contribution in [0.5, 0.6) is 0 Å². The van der Waals surface area contributed by atoms with Gasteiger partial charge in [-0.2, -0.15) is 0 Å². The number of rotatable bonds is 4. The molecule has 1 unspecified atom stereocenters. The molecule has 5 nitrogen and oxygen atoms in total. The van der Waals surface area contributed by atoms with Crippen LogP contribution in [0.4, 0.5) is 0 Å². The van der Waals surface area contributed by atoms with E-state index in [1.807, 2.05) is 19.0 Å². The Balaban J connectivity index is 2.18. The highest BCUT2D eigenvalue weighted by molar-refractivity contribution is 5.90. The van der Waals surface area contributed by atoms with Gasteiger partial charge in [-0.25, -0.2) is 0 Å². The van der Waals surface area contributed by atoms with Crippen LogP contribution in [-0.2, 0) is 9.59 Å². The monoisotopic (exact) mass is 199 g/mol. The lowest BCUT2D eigenvalue weighted by Crippen LogP contribution is -2.43. The van der Waals surface area contributed by atoms with Crippen molar-refractivity contribution in [2.24, 2.45) is 0 Å². The summed E-state index contributed by atoms with van der Waals surface area (Å²) < 4.78 is 0. The summed E-state index contributed by atoms with van der Waals surface area (Å²) in [7, 11) is 3.90. The Hall–Kier alpha value is -1.10. The first-order valence-electron chi connectivity index (χ1n) is 4.81. The second-order valence-corrected chi connectivity index (χ2v) is 3.75. The second kappa shape index (κ2) is 4.95. The zero-order valence-electron chi connectivity index (χ0n) is 8.67. The van der Waals surface area contributed by atoms with Gasteiger partial charge in [0.1, 0.15) is 6.04 Å². The maximum Gasteiger partial charge on any atom is 0.242 e. The fraction of sp³-hybridized carbons (Fsp3) is 0.778. The Morgan fingerprint density at radius 2 is 2.36 bits per heavy atom. The standard InChI is InChI=1S/C9H17N3O2/c1-12(2)6-5-10-9(14)7-3-4-8(13)11-7/h7H,3-6H2,1-2H3,(H,10,14)(H,11,13). The van der Waals surface area contributed by atoms with Crippen molar-refractivity contribution in [3.05, 3.63) is 0 Å². The average Bonchev–Trinajstić information content (AvgIpc) is 2.51. The lowest BCUT2D eigenvalue weighted by Gasteiger charge is -2.13. The second-order valence-electron chi connectivity index (χ2n) is 3.75. The third-order valence-electron chi connectivity index (χ3n) is 2.17. The molecule has 2 N–H and O–H groups in total. The minimum absolute atomic E-state index is 0.0299. The largest absolute Gasteiger partial charge is 0.353 e. The molecule has 1 heterocycles. The van der Waals surface area contributed by atoms with Crippen molar-refractivity contribution in [2.45, 2.75) is 18.9 Å². The van der Waals surface area contributed by atoms with Crippen LogP contribution in [0.1, 0.15) is 12.8 Å². The van der Waals surface area contributed by atoms with Crippen LogP contribution in [0, 0.1) is 0 Å². The molecule has 5 heteroatoms. The predicted molar refractivity (Wildman–Crippen MR) is 52.7 cm³/mol. The molecule has 0 aromatic heterocycles. The van der Waals surface area contributed by atoms with Gasteiger partial charge in [-0.05, 0) is 20.5 Å². The van der Waals surface area contributed by atoms with E-state index in [4.69, 9.17) is 0 Å². The fourth-order valence-electron chi connectivity index (χ4n) is 1.34. The summed E-state index contributed by atoms with van der Waals surface area (Å²) in [5, 5.41) is 5.41. The highest BCUT2D eigenvalue weighted by Gasteiger charge is 2.26. The van der Waals surface area contributed by atoms with E-state index in [0.717, 1.165) is 6.54 Å². The zero-order chi connectivity index (χ0) is 10.6. The molecular formula is C9H17N3O2. The van der Waals surface area contributed by atoms with Gasteiger partial charge in [-0.3, -0.25) is 9.59 Å². The van der Waals surface area contributed by atoms with E-state index in [9.17, 15) is 9.59 Å². The molecule has 1 aliphatic rings. The Kier molecular flexibility index (Phi) is 3.88. The van der Waals surface area contributed by atoms with E-state index < -0.39 is 0 Å². The summed E-state index contributed by atoms with van der Waals surface area (Å²) in [6, 6.07) is -0.315. The van der Waals surface area contributed by atoms with E-state index in [2.05, 4.69) is 10.6 Å². The first kappa shape index (κ1) is 11.0. The smallest absolute Gasteiger partial charge is 0.242 e. The van der Waals surface area contributed by atoms with E-state index in [-0.39, 0.29) is 17.9 Å². The molecule has 1 aliphatic heterocycles. The van der Waals surface area contributed by atoms with Crippen LogP contribution >= 0.6 is 0 Å². The van der Waals surface area contributed by atoms with Crippen LogP contribution in [0.3, 0.4) is 0 Å². The number of nitrogens with one attached hydrogen (secondary N) is 2. The van der Waals surface area contributed by atoms with E-state index >= 15 is 0 Å². The molecule has 1 saturated heterocycles. The van der Waals surface area contributed by atoms with Gasteiger partial charge in [0.15, 0.2) is 0 Å². The maximum atomic E-state index is 11.4. The molecule has 2 amide bonds. The Bertz CT molecular complexity index is 228. The first-order chi connectivity index (χ1) is 6.59. The number of likely N-dealkylation sites (N-methyl/N-ethyl adjacent to an activating group) is 1. The molecule has 1 rings (SSSR count). The van der Waals surface area contributed by atoms with Crippen molar-refractivity contribution in [3.8, 4) is 0 Å². The highest BCUT2D eigenvalue weighted by Crippen LogP contribution is 2.05. The summed E-state index contributed by atoms with van der Waals surface area (Å²) in [5.41, 5.74) is 0. The van der Waals surface area contributed by atoms with Gasteiger partial charge in [0.05, 0.1) is 0 Å². The van der Waals surface area contributed by atoms with Crippen LogP contribution in [0.25, 0.3) is 0 Å². The minimum atomic E-state index is -0.315. The van der Waals surface area contributed by atoms with Crippen LogP contribution < -0.4 is 10.6 Å². The van der Waals surface area contributed by atoms with Gasteiger partial charge < -0.3 is 15.5 Å². The Morgan fingerprint density at radius 1 is 1.64 bits per heavy atom. The van der Waals surface area contributed by atoms with Crippen molar-refractivity contribution < 1.29 is 9.59 Å². The summed E-state index contributed by atoms with van der Waals surface area (Å²) >= 11 is 0. The van der Waals surface area contributed by atoms with Gasteiger partial charge in [0, 0.05) is 19.5 Å². The van der Waals surface area contributed by atoms with Crippen molar-refractivity contribution in [1.29, 1.82) is 0 Å². The Morgan fingerprint density at radius 3 is 2.86 bits per heavy atom. The SMILES string of the molecule is CN(C)CCNC(=O)C1CCC(=O)N1. The normalized spacial score (nSPS) is 21.1. The van der Waals surface area contributed by atoms with Crippen LogP contribution in [0.2, 0.25) is 0 Å². The maximum absolute atomic E-state index is 11.4. The molecule has 1 atom stereocenters. The number of hydrogen-bond donors (Lipinski definition) is 2. The lowest BCUT2D eigenvalue weighted by molar-refractivity contribution is -0.125. The Labute approximate surface area is 83.8 Å². The van der Waals surface area contributed by atoms with E-state index in [0.29, 0.717) is 19.4 Å². The summed E-state index contributed by atoms with van der Waals surface area (Å²) in [6.07, 6.45) is 1.08. The van der Waals surface area contributed by atoms with E-state index in [1.165, 1.54) is 0 Å².